The number of hydrogen-bond donors (Lipinski definition) is 2. The number of nitrogens with one attached hydrogen (secondary N) is 2. The molecule has 0 spiro atoms. The fourth-order valence-electron chi connectivity index (χ4n) is 1.44. The van der Waals surface area contributed by atoms with Crippen LogP contribution in [0.3, 0.4) is 0 Å². The normalized spacial score (nSPS) is 12.9. The minimum absolute atomic E-state index is 0.135. The van der Waals surface area contributed by atoms with Gasteiger partial charge in [-0.2, -0.15) is 5.10 Å². The highest BCUT2D eigenvalue weighted by Gasteiger charge is 2.03. The van der Waals surface area contributed by atoms with Crippen LogP contribution in [0.1, 0.15) is 19.4 Å². The number of hydrogen-bond acceptors (Lipinski definition) is 3. The van der Waals surface area contributed by atoms with Crippen molar-refractivity contribution >= 4 is 34.6 Å². The van der Waals surface area contributed by atoms with Crippen molar-refractivity contribution in [2.24, 2.45) is 5.10 Å². The van der Waals surface area contributed by atoms with E-state index < -0.39 is 0 Å². The van der Waals surface area contributed by atoms with Crippen LogP contribution in [0.5, 0.6) is 0 Å². The van der Waals surface area contributed by atoms with E-state index in [1.165, 1.54) is 0 Å². The van der Waals surface area contributed by atoms with Crippen molar-refractivity contribution in [3.8, 4) is 0 Å². The van der Waals surface area contributed by atoms with Crippen LogP contribution in [-0.2, 0) is 4.74 Å². The molecule has 0 aliphatic rings. The Balaban J connectivity index is 2.51. The van der Waals surface area contributed by atoms with E-state index in [9.17, 15) is 0 Å². The molecule has 0 aliphatic carbocycles. The van der Waals surface area contributed by atoms with Crippen molar-refractivity contribution in [3.63, 3.8) is 0 Å². The molecule has 1 aromatic rings. The largest absolute Gasteiger partial charge is 0.383 e. The second-order valence-corrected chi connectivity index (χ2v) is 4.99. The van der Waals surface area contributed by atoms with Crippen LogP contribution in [-0.4, -0.2) is 30.6 Å². The molecule has 104 valence electrons. The highest BCUT2D eigenvalue weighted by atomic mass is 35.5. The lowest BCUT2D eigenvalue weighted by Crippen LogP contribution is -2.40. The lowest BCUT2D eigenvalue weighted by Gasteiger charge is -2.14. The monoisotopic (exact) mass is 299 g/mol. The summed E-state index contributed by atoms with van der Waals surface area (Å²) in [5.41, 5.74) is 4.63. The fraction of sp³-hybridized carbons (Fsp3) is 0.385. The molecule has 4 nitrogen and oxygen atoms in total. The number of hydrazone groups is 1. The average molecular weight is 300 g/mol. The van der Waals surface area contributed by atoms with Crippen LogP contribution in [0.15, 0.2) is 29.4 Å². The van der Waals surface area contributed by atoms with Gasteiger partial charge in [-0.05, 0) is 43.8 Å². The molecule has 0 fully saturated rings. The summed E-state index contributed by atoms with van der Waals surface area (Å²) in [6.07, 6.45) is 0. The third-order valence-corrected chi connectivity index (χ3v) is 2.84. The van der Waals surface area contributed by atoms with E-state index in [-0.39, 0.29) is 6.04 Å². The lowest BCUT2D eigenvalue weighted by molar-refractivity contribution is 0.179. The second kappa shape index (κ2) is 8.09. The number of rotatable bonds is 5. The maximum atomic E-state index is 5.83. The zero-order valence-corrected chi connectivity index (χ0v) is 12.8. The van der Waals surface area contributed by atoms with E-state index in [2.05, 4.69) is 15.8 Å². The second-order valence-electron chi connectivity index (χ2n) is 4.15. The number of ether oxygens (including phenoxy) is 1. The lowest BCUT2D eigenvalue weighted by atomic mass is 10.1. The van der Waals surface area contributed by atoms with Crippen molar-refractivity contribution < 1.29 is 4.74 Å². The molecule has 0 heterocycles. The molecular weight excluding hydrogens is 282 g/mol. The first kappa shape index (κ1) is 15.9. The van der Waals surface area contributed by atoms with Crippen LogP contribution >= 0.6 is 23.8 Å². The molecule has 0 radical (unpaired) electrons. The van der Waals surface area contributed by atoms with Gasteiger partial charge in [0, 0.05) is 18.2 Å². The van der Waals surface area contributed by atoms with Gasteiger partial charge >= 0.3 is 0 Å². The van der Waals surface area contributed by atoms with Crippen LogP contribution in [0.25, 0.3) is 0 Å². The highest BCUT2D eigenvalue weighted by molar-refractivity contribution is 7.80. The van der Waals surface area contributed by atoms with Crippen LogP contribution in [0, 0.1) is 0 Å². The summed E-state index contributed by atoms with van der Waals surface area (Å²) < 4.78 is 5.01. The third-order valence-electron chi connectivity index (χ3n) is 2.38. The van der Waals surface area contributed by atoms with Crippen LogP contribution < -0.4 is 10.7 Å². The Morgan fingerprint density at radius 1 is 1.42 bits per heavy atom. The smallest absolute Gasteiger partial charge is 0.187 e. The van der Waals surface area contributed by atoms with Crippen molar-refractivity contribution in [2.75, 3.05) is 13.7 Å². The molecule has 0 unspecified atom stereocenters. The molecule has 0 saturated carbocycles. The number of nitrogens with zero attached hydrogens (tertiary/aromatic N) is 1. The van der Waals surface area contributed by atoms with E-state index >= 15 is 0 Å². The van der Waals surface area contributed by atoms with Crippen molar-refractivity contribution in [2.45, 2.75) is 19.9 Å². The summed E-state index contributed by atoms with van der Waals surface area (Å²) in [5, 5.41) is 8.45. The first-order chi connectivity index (χ1) is 9.02. The predicted molar refractivity (Wildman–Crippen MR) is 83.9 cm³/mol. The van der Waals surface area contributed by atoms with Gasteiger partial charge in [-0.25, -0.2) is 0 Å². The van der Waals surface area contributed by atoms with Gasteiger partial charge in [0.1, 0.15) is 0 Å². The number of benzene rings is 1. The molecule has 0 bridgehead atoms. The van der Waals surface area contributed by atoms with Gasteiger partial charge in [-0.1, -0.05) is 23.7 Å². The molecule has 0 saturated heterocycles. The van der Waals surface area contributed by atoms with Crippen molar-refractivity contribution in [1.82, 2.24) is 10.7 Å². The summed E-state index contributed by atoms with van der Waals surface area (Å²) in [4.78, 5) is 0. The zero-order chi connectivity index (χ0) is 14.3. The van der Waals surface area contributed by atoms with E-state index in [1.54, 1.807) is 7.11 Å². The summed E-state index contributed by atoms with van der Waals surface area (Å²) in [5.74, 6) is 0. The molecule has 0 aromatic heterocycles. The van der Waals surface area contributed by atoms with E-state index in [1.807, 2.05) is 38.1 Å². The molecule has 19 heavy (non-hydrogen) atoms. The maximum absolute atomic E-state index is 5.83. The Morgan fingerprint density at radius 2 is 2.05 bits per heavy atom. The SMILES string of the molecule is COC[C@H](C)NC(=S)N/N=C(/C)c1ccc(Cl)cc1. The quantitative estimate of drug-likeness (QED) is 0.498. The molecule has 1 atom stereocenters. The van der Waals surface area contributed by atoms with Gasteiger partial charge in [-0.15, -0.1) is 0 Å². The minimum Gasteiger partial charge on any atom is -0.383 e. The van der Waals surface area contributed by atoms with Gasteiger partial charge in [0.05, 0.1) is 12.3 Å². The third kappa shape index (κ3) is 6.00. The summed E-state index contributed by atoms with van der Waals surface area (Å²) in [7, 11) is 1.65. The van der Waals surface area contributed by atoms with Gasteiger partial charge < -0.3 is 10.1 Å². The zero-order valence-electron chi connectivity index (χ0n) is 11.2. The standard InChI is InChI=1S/C13H18ClN3OS/c1-9(8-18-3)15-13(19)17-16-10(2)11-4-6-12(14)7-5-11/h4-7,9H,8H2,1-3H3,(H2,15,17,19)/b16-10-/t9-/m0/s1. The molecule has 1 aromatic carbocycles. The Labute approximate surface area is 124 Å². The Bertz CT molecular complexity index is 448. The predicted octanol–water partition coefficient (Wildman–Crippen LogP) is 2.56. The van der Waals surface area contributed by atoms with Crippen molar-refractivity contribution in [1.29, 1.82) is 0 Å². The summed E-state index contributed by atoms with van der Waals surface area (Å²) in [6.45, 7) is 4.46. The Hall–Kier alpha value is -1.17. The van der Waals surface area contributed by atoms with E-state index in [4.69, 9.17) is 28.6 Å². The number of halogens is 1. The molecule has 1 rings (SSSR count). The Morgan fingerprint density at radius 3 is 2.63 bits per heavy atom. The topological polar surface area (TPSA) is 45.6 Å². The summed E-state index contributed by atoms with van der Waals surface area (Å²) >= 11 is 11.0. The fourth-order valence-corrected chi connectivity index (χ4v) is 1.81. The molecule has 0 aliphatic heterocycles. The van der Waals surface area contributed by atoms with Gasteiger partial charge in [0.15, 0.2) is 5.11 Å². The van der Waals surface area contributed by atoms with Crippen LogP contribution in [0.2, 0.25) is 5.02 Å². The minimum atomic E-state index is 0.135. The van der Waals surface area contributed by atoms with Crippen LogP contribution in [0.4, 0.5) is 0 Å². The number of thiocarbonyl (C=S) groups is 1. The first-order valence-corrected chi connectivity index (χ1v) is 6.67. The van der Waals surface area contributed by atoms with Gasteiger partial charge in [0.2, 0.25) is 0 Å². The Kier molecular flexibility index (Phi) is 6.77. The van der Waals surface area contributed by atoms with Gasteiger partial charge in [-0.3, -0.25) is 5.43 Å². The molecule has 2 N–H and O–H groups in total. The van der Waals surface area contributed by atoms with Gasteiger partial charge in [0.25, 0.3) is 0 Å². The highest BCUT2D eigenvalue weighted by Crippen LogP contribution is 2.09. The van der Waals surface area contributed by atoms with E-state index in [0.29, 0.717) is 16.7 Å². The van der Waals surface area contributed by atoms with E-state index in [0.717, 1.165) is 11.3 Å². The number of methoxy groups -OCH3 is 1. The molecule has 0 amide bonds. The van der Waals surface area contributed by atoms with Crippen molar-refractivity contribution in [3.05, 3.63) is 34.9 Å². The summed E-state index contributed by atoms with van der Waals surface area (Å²) in [6, 6.07) is 7.61. The molecule has 6 heteroatoms. The molecular formula is C13H18ClN3OS. The maximum Gasteiger partial charge on any atom is 0.187 e. The average Bonchev–Trinajstić information content (AvgIpc) is 2.37. The first-order valence-electron chi connectivity index (χ1n) is 5.88.